The maximum atomic E-state index is 12.1. The molecule has 3 heterocycles. The van der Waals surface area contributed by atoms with Crippen LogP contribution in [0, 0.1) is 13.8 Å². The molecule has 4 aromatic rings. The van der Waals surface area contributed by atoms with Crippen LogP contribution in [0.1, 0.15) is 32.2 Å². The number of hydrogen-bond acceptors (Lipinski definition) is 8. The van der Waals surface area contributed by atoms with Gasteiger partial charge in [0.15, 0.2) is 0 Å². The molecule has 0 fully saturated rings. The van der Waals surface area contributed by atoms with Crippen LogP contribution in [0.4, 0.5) is 11.4 Å². The van der Waals surface area contributed by atoms with Crippen molar-refractivity contribution in [3.05, 3.63) is 65.4 Å². The number of carbonyl (C=O) groups excluding carboxylic acids is 2. The Balaban J connectivity index is 1.84. The molecule has 1 aromatic carbocycles. The average molecular weight is 417 g/mol. The number of carbonyl (C=O) groups is 2. The van der Waals surface area contributed by atoms with Gasteiger partial charge in [0.05, 0.1) is 47.0 Å². The number of aryl methyl sites for hydroxylation is 2. The SMILES string of the molecule is COC(=O)c1cncc(Nc2c(C(N)=O)cnc3cc(-c4c(C)noc4C)ccc23)c1. The molecular weight excluding hydrogens is 398 g/mol. The molecule has 0 bridgehead atoms. The van der Waals surface area contributed by atoms with E-state index < -0.39 is 11.9 Å². The molecule has 0 aliphatic rings. The minimum atomic E-state index is -0.635. The minimum absolute atomic E-state index is 0.209. The van der Waals surface area contributed by atoms with Gasteiger partial charge < -0.3 is 20.3 Å². The molecule has 0 saturated carbocycles. The van der Waals surface area contributed by atoms with E-state index in [1.807, 2.05) is 32.0 Å². The number of benzene rings is 1. The second kappa shape index (κ2) is 7.86. The Morgan fingerprint density at radius 1 is 1.13 bits per heavy atom. The third kappa shape index (κ3) is 3.68. The summed E-state index contributed by atoms with van der Waals surface area (Å²) >= 11 is 0. The molecule has 0 radical (unpaired) electrons. The molecule has 0 aliphatic carbocycles. The van der Waals surface area contributed by atoms with Crippen molar-refractivity contribution in [1.29, 1.82) is 0 Å². The molecule has 0 aliphatic heterocycles. The first-order valence-electron chi connectivity index (χ1n) is 9.35. The molecular formula is C22H19N5O4. The van der Waals surface area contributed by atoms with Crippen molar-refractivity contribution in [2.75, 3.05) is 12.4 Å². The number of nitrogens with two attached hydrogens (primary N) is 1. The first-order chi connectivity index (χ1) is 14.9. The highest BCUT2D eigenvalue weighted by molar-refractivity contribution is 6.08. The Morgan fingerprint density at radius 3 is 2.61 bits per heavy atom. The number of nitrogens with one attached hydrogen (secondary N) is 1. The Kier molecular flexibility index (Phi) is 5.08. The van der Waals surface area contributed by atoms with Gasteiger partial charge in [0.2, 0.25) is 0 Å². The second-order valence-corrected chi connectivity index (χ2v) is 6.92. The number of rotatable bonds is 5. The molecule has 0 unspecified atom stereocenters. The lowest BCUT2D eigenvalue weighted by Crippen LogP contribution is -2.14. The minimum Gasteiger partial charge on any atom is -0.465 e. The third-order valence-corrected chi connectivity index (χ3v) is 4.89. The number of primary amides is 1. The number of methoxy groups -OCH3 is 1. The van der Waals surface area contributed by atoms with Crippen molar-refractivity contribution >= 4 is 34.2 Å². The summed E-state index contributed by atoms with van der Waals surface area (Å²) in [6.07, 6.45) is 4.34. The fourth-order valence-corrected chi connectivity index (χ4v) is 3.45. The van der Waals surface area contributed by atoms with Crippen LogP contribution in [-0.4, -0.2) is 34.1 Å². The van der Waals surface area contributed by atoms with Crippen LogP contribution >= 0.6 is 0 Å². The van der Waals surface area contributed by atoms with E-state index in [0.717, 1.165) is 16.8 Å². The molecule has 0 saturated heterocycles. The van der Waals surface area contributed by atoms with Crippen LogP contribution in [0.15, 0.2) is 47.4 Å². The molecule has 1 amide bonds. The third-order valence-electron chi connectivity index (χ3n) is 4.89. The van der Waals surface area contributed by atoms with Crippen LogP contribution in [0.2, 0.25) is 0 Å². The van der Waals surface area contributed by atoms with Crippen molar-refractivity contribution in [1.82, 2.24) is 15.1 Å². The predicted molar refractivity (Wildman–Crippen MR) is 114 cm³/mol. The highest BCUT2D eigenvalue weighted by Gasteiger charge is 2.17. The Hall–Kier alpha value is -4.27. The van der Waals surface area contributed by atoms with E-state index in [4.69, 9.17) is 15.0 Å². The second-order valence-electron chi connectivity index (χ2n) is 6.92. The zero-order valence-corrected chi connectivity index (χ0v) is 17.1. The molecule has 4 rings (SSSR count). The standard InChI is InChI=1S/C22H19N5O4/c1-11-19(12(2)31-27-11)13-4-5-16-18(7-13)25-10-17(21(23)28)20(16)26-15-6-14(8-24-9-15)22(29)30-3/h4-10H,1-3H3,(H2,23,28)(H,25,26). The number of aromatic nitrogens is 3. The Bertz CT molecular complexity index is 1310. The maximum absolute atomic E-state index is 12.1. The summed E-state index contributed by atoms with van der Waals surface area (Å²) in [5, 5.41) is 7.83. The number of hydrogen-bond donors (Lipinski definition) is 2. The molecule has 31 heavy (non-hydrogen) atoms. The van der Waals surface area contributed by atoms with Gasteiger partial charge in [-0.2, -0.15) is 0 Å². The number of amides is 1. The van der Waals surface area contributed by atoms with Gasteiger partial charge in [0.25, 0.3) is 5.91 Å². The highest BCUT2D eigenvalue weighted by atomic mass is 16.5. The number of esters is 1. The number of anilines is 2. The largest absolute Gasteiger partial charge is 0.465 e. The Morgan fingerprint density at radius 2 is 1.94 bits per heavy atom. The normalized spacial score (nSPS) is 10.8. The van der Waals surface area contributed by atoms with Gasteiger partial charge >= 0.3 is 5.97 Å². The lowest BCUT2D eigenvalue weighted by Gasteiger charge is -2.14. The van der Waals surface area contributed by atoms with Crippen LogP contribution in [0.25, 0.3) is 22.0 Å². The van der Waals surface area contributed by atoms with Gasteiger partial charge in [-0.3, -0.25) is 14.8 Å². The van der Waals surface area contributed by atoms with E-state index in [-0.39, 0.29) is 11.1 Å². The van der Waals surface area contributed by atoms with Crippen LogP contribution in [0.3, 0.4) is 0 Å². The maximum Gasteiger partial charge on any atom is 0.339 e. The summed E-state index contributed by atoms with van der Waals surface area (Å²) in [6.45, 7) is 3.71. The van der Waals surface area contributed by atoms with Gasteiger partial charge in [-0.05, 0) is 31.5 Å². The van der Waals surface area contributed by atoms with Crippen molar-refractivity contribution in [3.8, 4) is 11.1 Å². The smallest absolute Gasteiger partial charge is 0.339 e. The summed E-state index contributed by atoms with van der Waals surface area (Å²) in [5.41, 5.74) is 10.2. The van der Waals surface area contributed by atoms with E-state index in [2.05, 4.69) is 20.4 Å². The monoisotopic (exact) mass is 417 g/mol. The van der Waals surface area contributed by atoms with Gasteiger partial charge in [0.1, 0.15) is 5.76 Å². The first-order valence-corrected chi connectivity index (χ1v) is 9.35. The summed E-state index contributed by atoms with van der Waals surface area (Å²) < 4.78 is 10.0. The molecule has 0 atom stereocenters. The zero-order valence-electron chi connectivity index (χ0n) is 17.1. The zero-order chi connectivity index (χ0) is 22.1. The van der Waals surface area contributed by atoms with Gasteiger partial charge in [-0.15, -0.1) is 0 Å². The number of ether oxygens (including phenoxy) is 1. The van der Waals surface area contributed by atoms with Gasteiger partial charge in [0, 0.05) is 23.3 Å². The van der Waals surface area contributed by atoms with Gasteiger partial charge in [-0.1, -0.05) is 17.3 Å². The molecule has 3 N–H and O–H groups in total. The molecule has 3 aromatic heterocycles. The number of nitrogens with zero attached hydrogens (tertiary/aromatic N) is 3. The molecule has 156 valence electrons. The van der Waals surface area contributed by atoms with Crippen LogP contribution in [-0.2, 0) is 4.74 Å². The van der Waals surface area contributed by atoms with Crippen molar-refractivity contribution in [2.24, 2.45) is 5.73 Å². The van der Waals surface area contributed by atoms with E-state index in [1.165, 1.54) is 25.7 Å². The van der Waals surface area contributed by atoms with Crippen molar-refractivity contribution < 1.29 is 18.8 Å². The first kappa shape index (κ1) is 20.0. The molecule has 9 nitrogen and oxygen atoms in total. The van der Waals surface area contributed by atoms with E-state index in [9.17, 15) is 9.59 Å². The van der Waals surface area contributed by atoms with Crippen molar-refractivity contribution in [3.63, 3.8) is 0 Å². The topological polar surface area (TPSA) is 133 Å². The molecule has 9 heteroatoms. The lowest BCUT2D eigenvalue weighted by molar-refractivity contribution is 0.0600. The Labute approximate surface area is 177 Å². The lowest BCUT2D eigenvalue weighted by atomic mass is 10.0. The molecule has 0 spiro atoms. The fraction of sp³-hybridized carbons (Fsp3) is 0.136. The van der Waals surface area contributed by atoms with E-state index in [1.54, 1.807) is 6.07 Å². The summed E-state index contributed by atoms with van der Waals surface area (Å²) in [4.78, 5) is 32.3. The summed E-state index contributed by atoms with van der Waals surface area (Å²) in [6, 6.07) is 7.21. The highest BCUT2D eigenvalue weighted by Crippen LogP contribution is 2.34. The van der Waals surface area contributed by atoms with Crippen LogP contribution < -0.4 is 11.1 Å². The summed E-state index contributed by atoms with van der Waals surface area (Å²) in [7, 11) is 1.29. The number of fused-ring (bicyclic) bond motifs is 1. The van der Waals surface area contributed by atoms with Crippen molar-refractivity contribution in [2.45, 2.75) is 13.8 Å². The number of pyridine rings is 2. The van der Waals surface area contributed by atoms with E-state index >= 15 is 0 Å². The van der Waals surface area contributed by atoms with Crippen LogP contribution in [0.5, 0.6) is 0 Å². The quantitative estimate of drug-likeness (QED) is 0.471. The van der Waals surface area contributed by atoms with E-state index in [0.29, 0.717) is 28.0 Å². The average Bonchev–Trinajstić information content (AvgIpc) is 3.10. The van der Waals surface area contributed by atoms with Gasteiger partial charge in [-0.25, -0.2) is 4.79 Å². The fourth-order valence-electron chi connectivity index (χ4n) is 3.45. The predicted octanol–water partition coefficient (Wildman–Crippen LogP) is 3.53. The summed E-state index contributed by atoms with van der Waals surface area (Å²) in [5.74, 6) is -0.451.